The average Bonchev–Trinajstić information content (AvgIpc) is 3.44. The lowest BCUT2D eigenvalue weighted by Gasteiger charge is -2.23. The van der Waals surface area contributed by atoms with E-state index in [1.807, 2.05) is 60.7 Å². The quantitative estimate of drug-likeness (QED) is 0.178. The summed E-state index contributed by atoms with van der Waals surface area (Å²) in [6, 6.07) is 58.4. The van der Waals surface area contributed by atoms with Crippen LogP contribution in [0.25, 0.3) is 88.7 Å². The van der Waals surface area contributed by atoms with Gasteiger partial charge in [-0.1, -0.05) is 166 Å². The maximum absolute atomic E-state index is 4.97. The molecule has 240 valence electrons. The zero-order chi connectivity index (χ0) is 34.1. The van der Waals surface area contributed by atoms with Crippen molar-refractivity contribution in [3.8, 4) is 56.4 Å². The summed E-state index contributed by atoms with van der Waals surface area (Å²) in [4.78, 5) is 14.8. The van der Waals surface area contributed by atoms with Crippen molar-refractivity contribution in [2.75, 3.05) is 0 Å². The van der Waals surface area contributed by atoms with Gasteiger partial charge in [-0.3, -0.25) is 0 Å². The number of benzene rings is 8. The van der Waals surface area contributed by atoms with Crippen LogP contribution in [0.2, 0.25) is 0 Å². The molecule has 0 radical (unpaired) electrons. The molecule has 0 amide bonds. The normalized spacial score (nSPS) is 13.1. The van der Waals surface area contributed by atoms with Crippen LogP contribution in [0.1, 0.15) is 25.0 Å². The second-order valence-corrected chi connectivity index (χ2v) is 14.0. The molecule has 10 rings (SSSR count). The first kappa shape index (κ1) is 29.5. The molecule has 0 fully saturated rings. The molecule has 0 bridgehead atoms. The SMILES string of the molecule is CC1(C)c2ccccc2-c2ccc3c(ccc4ccc5cc(-c6cccc(-c7nc(-c8ccccc8)nc(-c8ccccc8)n7)c6)ccc5c43)c21. The number of hydrogen-bond acceptors (Lipinski definition) is 3. The number of rotatable bonds is 4. The van der Waals surface area contributed by atoms with E-state index in [1.54, 1.807) is 0 Å². The van der Waals surface area contributed by atoms with Crippen molar-refractivity contribution in [2.45, 2.75) is 19.3 Å². The van der Waals surface area contributed by atoms with Gasteiger partial charge in [0.25, 0.3) is 0 Å². The molecule has 0 atom stereocenters. The summed E-state index contributed by atoms with van der Waals surface area (Å²) < 4.78 is 0. The largest absolute Gasteiger partial charge is 0.208 e. The molecule has 3 heteroatoms. The molecule has 0 N–H and O–H groups in total. The summed E-state index contributed by atoms with van der Waals surface area (Å²) in [6.45, 7) is 4.74. The third-order valence-corrected chi connectivity index (χ3v) is 10.7. The van der Waals surface area contributed by atoms with Crippen LogP contribution < -0.4 is 0 Å². The molecule has 51 heavy (non-hydrogen) atoms. The van der Waals surface area contributed by atoms with Gasteiger partial charge in [-0.15, -0.1) is 0 Å². The van der Waals surface area contributed by atoms with Gasteiger partial charge in [0.05, 0.1) is 0 Å². The summed E-state index contributed by atoms with van der Waals surface area (Å²) in [5, 5.41) is 7.71. The van der Waals surface area contributed by atoms with Crippen LogP contribution in [0.15, 0.2) is 164 Å². The maximum Gasteiger partial charge on any atom is 0.164 e. The minimum absolute atomic E-state index is 0.0653. The van der Waals surface area contributed by atoms with E-state index in [9.17, 15) is 0 Å². The zero-order valence-electron chi connectivity index (χ0n) is 28.4. The molecule has 1 aromatic heterocycles. The Morgan fingerprint density at radius 1 is 0.373 bits per heavy atom. The Balaban J connectivity index is 1.10. The van der Waals surface area contributed by atoms with E-state index in [-0.39, 0.29) is 5.41 Å². The number of aromatic nitrogens is 3. The number of nitrogens with zero attached hydrogens (tertiary/aromatic N) is 3. The summed E-state index contributed by atoms with van der Waals surface area (Å²) in [5.41, 5.74) is 10.6. The van der Waals surface area contributed by atoms with Crippen molar-refractivity contribution in [1.29, 1.82) is 0 Å². The molecule has 1 aliphatic rings. The average molecular weight is 652 g/mol. The molecule has 1 heterocycles. The highest BCUT2D eigenvalue weighted by Gasteiger charge is 2.36. The van der Waals surface area contributed by atoms with Crippen LogP contribution in [0.3, 0.4) is 0 Å². The molecule has 0 aliphatic heterocycles. The summed E-state index contributed by atoms with van der Waals surface area (Å²) >= 11 is 0. The van der Waals surface area contributed by atoms with Crippen LogP contribution in [0.5, 0.6) is 0 Å². The molecule has 0 saturated heterocycles. The Morgan fingerprint density at radius 3 is 1.67 bits per heavy atom. The third-order valence-electron chi connectivity index (χ3n) is 10.7. The predicted molar refractivity (Wildman–Crippen MR) is 212 cm³/mol. The van der Waals surface area contributed by atoms with Crippen molar-refractivity contribution in [3.05, 3.63) is 175 Å². The summed E-state index contributed by atoms with van der Waals surface area (Å²) in [6.07, 6.45) is 0. The molecular formula is C48H33N3. The first-order valence-electron chi connectivity index (χ1n) is 17.5. The summed E-state index contributed by atoms with van der Waals surface area (Å²) in [5.74, 6) is 1.97. The minimum atomic E-state index is -0.0653. The second kappa shape index (κ2) is 11.3. The highest BCUT2D eigenvalue weighted by Crippen LogP contribution is 2.52. The fraction of sp³-hybridized carbons (Fsp3) is 0.0625. The highest BCUT2D eigenvalue weighted by atomic mass is 15.0. The van der Waals surface area contributed by atoms with Crippen LogP contribution in [0.4, 0.5) is 0 Å². The van der Waals surface area contributed by atoms with Crippen LogP contribution >= 0.6 is 0 Å². The fourth-order valence-corrected chi connectivity index (χ4v) is 8.22. The van der Waals surface area contributed by atoms with E-state index in [1.165, 1.54) is 54.6 Å². The van der Waals surface area contributed by atoms with E-state index in [0.717, 1.165) is 27.8 Å². The topological polar surface area (TPSA) is 38.7 Å². The maximum atomic E-state index is 4.97. The number of hydrogen-bond donors (Lipinski definition) is 0. The Kier molecular flexibility index (Phi) is 6.53. The third kappa shape index (κ3) is 4.69. The van der Waals surface area contributed by atoms with Gasteiger partial charge >= 0.3 is 0 Å². The van der Waals surface area contributed by atoms with E-state index in [2.05, 4.69) is 117 Å². The molecular weight excluding hydrogens is 619 g/mol. The van der Waals surface area contributed by atoms with Crippen molar-refractivity contribution in [2.24, 2.45) is 0 Å². The second-order valence-electron chi connectivity index (χ2n) is 14.0. The Morgan fingerprint density at radius 2 is 0.922 bits per heavy atom. The Labute approximate surface area is 297 Å². The standard InChI is InChI=1S/C48H33N3/c1-48(2)42-19-10-9-18-38(42)40-27-26-39-41(44(40)48)25-22-30-20-21-35-28-34(23-24-37(35)43(30)39)33-16-11-17-36(29-33)47-50-45(31-12-5-3-6-13-31)49-46(51-47)32-14-7-4-8-15-32/h3-29H,1-2H3. The van der Waals surface area contributed by atoms with Gasteiger partial charge in [-0.05, 0) is 77.8 Å². The lowest BCUT2D eigenvalue weighted by atomic mass is 9.79. The van der Waals surface area contributed by atoms with Crippen LogP contribution in [-0.4, -0.2) is 15.0 Å². The van der Waals surface area contributed by atoms with Gasteiger partial charge in [0, 0.05) is 22.1 Å². The van der Waals surface area contributed by atoms with Crippen molar-refractivity contribution in [3.63, 3.8) is 0 Å². The first-order valence-corrected chi connectivity index (χ1v) is 17.5. The van der Waals surface area contributed by atoms with Gasteiger partial charge < -0.3 is 0 Å². The van der Waals surface area contributed by atoms with Crippen LogP contribution in [0, 0.1) is 0 Å². The van der Waals surface area contributed by atoms with E-state index in [4.69, 9.17) is 15.0 Å². The lowest BCUT2D eigenvalue weighted by Crippen LogP contribution is -2.15. The first-order chi connectivity index (χ1) is 25.0. The van der Waals surface area contributed by atoms with Gasteiger partial charge in [0.2, 0.25) is 0 Å². The predicted octanol–water partition coefficient (Wildman–Crippen LogP) is 12.3. The molecule has 0 spiro atoms. The molecule has 9 aromatic rings. The van der Waals surface area contributed by atoms with Gasteiger partial charge in [0.15, 0.2) is 17.5 Å². The molecule has 0 unspecified atom stereocenters. The van der Waals surface area contributed by atoms with E-state index in [0.29, 0.717) is 17.5 Å². The summed E-state index contributed by atoms with van der Waals surface area (Å²) in [7, 11) is 0. The number of fused-ring (bicyclic) bond motifs is 9. The molecule has 1 aliphatic carbocycles. The van der Waals surface area contributed by atoms with Gasteiger partial charge in [0.1, 0.15) is 0 Å². The minimum Gasteiger partial charge on any atom is -0.208 e. The van der Waals surface area contributed by atoms with Crippen molar-refractivity contribution in [1.82, 2.24) is 15.0 Å². The van der Waals surface area contributed by atoms with E-state index < -0.39 is 0 Å². The molecule has 8 aromatic carbocycles. The van der Waals surface area contributed by atoms with Crippen molar-refractivity contribution < 1.29 is 0 Å². The van der Waals surface area contributed by atoms with Crippen LogP contribution in [-0.2, 0) is 5.41 Å². The van der Waals surface area contributed by atoms with E-state index >= 15 is 0 Å². The van der Waals surface area contributed by atoms with Crippen molar-refractivity contribution >= 4 is 32.3 Å². The molecule has 0 saturated carbocycles. The highest BCUT2D eigenvalue weighted by molar-refractivity contribution is 6.22. The Bertz CT molecular complexity index is 2760. The van der Waals surface area contributed by atoms with Gasteiger partial charge in [-0.25, -0.2) is 15.0 Å². The fourth-order valence-electron chi connectivity index (χ4n) is 8.22. The lowest BCUT2D eigenvalue weighted by molar-refractivity contribution is 0.666. The Hall–Kier alpha value is -6.45. The zero-order valence-corrected chi connectivity index (χ0v) is 28.4. The van der Waals surface area contributed by atoms with Gasteiger partial charge in [-0.2, -0.15) is 0 Å². The monoisotopic (exact) mass is 651 g/mol. The molecule has 3 nitrogen and oxygen atoms in total. The smallest absolute Gasteiger partial charge is 0.164 e.